The smallest absolute Gasteiger partial charge is 0.0928 e. The molecule has 2 heterocycles. The van der Waals surface area contributed by atoms with E-state index in [0.717, 1.165) is 32.6 Å². The third-order valence-corrected chi connectivity index (χ3v) is 3.86. The van der Waals surface area contributed by atoms with Gasteiger partial charge in [-0.25, -0.2) is 4.98 Å². The molecule has 4 heteroatoms. The molecule has 90 valence electrons. The quantitative estimate of drug-likeness (QED) is 0.869. The molecule has 1 fully saturated rings. The van der Waals surface area contributed by atoms with Crippen molar-refractivity contribution in [1.82, 2.24) is 15.2 Å². The number of aromatic nitrogens is 1. The first-order valence-corrected chi connectivity index (χ1v) is 7.05. The van der Waals surface area contributed by atoms with Crippen molar-refractivity contribution in [3.8, 4) is 0 Å². The zero-order valence-electron chi connectivity index (χ0n) is 10.2. The van der Waals surface area contributed by atoms with Crippen molar-refractivity contribution in [2.45, 2.75) is 39.3 Å². The van der Waals surface area contributed by atoms with Crippen LogP contribution in [0, 0.1) is 0 Å². The Morgan fingerprint density at radius 1 is 1.62 bits per heavy atom. The van der Waals surface area contributed by atoms with Crippen molar-refractivity contribution in [2.75, 3.05) is 19.6 Å². The Morgan fingerprint density at radius 2 is 2.50 bits per heavy atom. The Labute approximate surface area is 102 Å². The fourth-order valence-electron chi connectivity index (χ4n) is 2.14. The molecular weight excluding hydrogens is 218 g/mol. The molecule has 1 N–H and O–H groups in total. The van der Waals surface area contributed by atoms with Crippen LogP contribution in [0.5, 0.6) is 0 Å². The van der Waals surface area contributed by atoms with E-state index in [2.05, 4.69) is 34.4 Å². The van der Waals surface area contributed by atoms with E-state index in [0.29, 0.717) is 6.04 Å². The number of hydrogen-bond acceptors (Lipinski definition) is 4. The summed E-state index contributed by atoms with van der Waals surface area (Å²) < 4.78 is 0. The van der Waals surface area contributed by atoms with Crippen molar-refractivity contribution in [3.63, 3.8) is 0 Å². The number of nitrogens with zero attached hydrogens (tertiary/aromatic N) is 2. The first-order chi connectivity index (χ1) is 7.78. The highest BCUT2D eigenvalue weighted by atomic mass is 32.1. The summed E-state index contributed by atoms with van der Waals surface area (Å²) in [6.07, 6.45) is 2.32. The average Bonchev–Trinajstić information content (AvgIpc) is 2.66. The maximum absolute atomic E-state index is 4.68. The van der Waals surface area contributed by atoms with E-state index >= 15 is 0 Å². The lowest BCUT2D eigenvalue weighted by molar-refractivity contribution is 0.198. The van der Waals surface area contributed by atoms with Crippen LogP contribution < -0.4 is 5.32 Å². The molecule has 1 aliphatic heterocycles. The van der Waals surface area contributed by atoms with Crippen LogP contribution in [0.3, 0.4) is 0 Å². The zero-order valence-corrected chi connectivity index (χ0v) is 11.0. The number of rotatable bonds is 4. The number of piperazine rings is 1. The summed E-state index contributed by atoms with van der Waals surface area (Å²) in [6.45, 7) is 8.86. The standard InChI is InChI=1S/C12H21N3S/c1-3-4-12-14-11(9-16-12)8-15-6-5-13-10(2)7-15/h9-10,13H,3-8H2,1-2H3/t10-/m1/s1. The SMILES string of the molecule is CCCc1nc(CN2CCN[C@H](C)C2)cs1. The molecule has 0 radical (unpaired) electrons. The minimum Gasteiger partial charge on any atom is -0.312 e. The molecule has 0 unspecified atom stereocenters. The summed E-state index contributed by atoms with van der Waals surface area (Å²) in [5.41, 5.74) is 1.25. The van der Waals surface area contributed by atoms with E-state index in [1.165, 1.54) is 17.1 Å². The number of hydrogen-bond donors (Lipinski definition) is 1. The lowest BCUT2D eigenvalue weighted by Gasteiger charge is -2.31. The number of aryl methyl sites for hydroxylation is 1. The third-order valence-electron chi connectivity index (χ3n) is 2.90. The van der Waals surface area contributed by atoms with Crippen LogP contribution >= 0.6 is 11.3 Å². The second-order valence-corrected chi connectivity index (χ2v) is 5.52. The Hall–Kier alpha value is -0.450. The van der Waals surface area contributed by atoms with Crippen LogP contribution in [0.25, 0.3) is 0 Å². The molecule has 1 aromatic rings. The van der Waals surface area contributed by atoms with Gasteiger partial charge in [0.05, 0.1) is 10.7 Å². The fourth-order valence-corrected chi connectivity index (χ4v) is 3.03. The molecule has 1 aromatic heterocycles. The van der Waals surface area contributed by atoms with E-state index in [1.807, 2.05) is 11.3 Å². The number of nitrogens with one attached hydrogen (secondary N) is 1. The fraction of sp³-hybridized carbons (Fsp3) is 0.750. The van der Waals surface area contributed by atoms with Gasteiger partial charge in [-0.15, -0.1) is 11.3 Å². The van der Waals surface area contributed by atoms with E-state index in [4.69, 9.17) is 0 Å². The van der Waals surface area contributed by atoms with Gasteiger partial charge in [0.15, 0.2) is 0 Å². The maximum Gasteiger partial charge on any atom is 0.0928 e. The molecule has 0 saturated carbocycles. The highest BCUT2D eigenvalue weighted by molar-refractivity contribution is 7.09. The first-order valence-electron chi connectivity index (χ1n) is 6.17. The van der Waals surface area contributed by atoms with Crippen molar-refractivity contribution in [1.29, 1.82) is 0 Å². The van der Waals surface area contributed by atoms with Crippen LogP contribution in [0.1, 0.15) is 31.0 Å². The molecule has 1 aliphatic rings. The monoisotopic (exact) mass is 239 g/mol. The van der Waals surface area contributed by atoms with Crippen LogP contribution in [0.4, 0.5) is 0 Å². The predicted molar refractivity (Wildman–Crippen MR) is 68.9 cm³/mol. The predicted octanol–water partition coefficient (Wildman–Crippen LogP) is 1.89. The van der Waals surface area contributed by atoms with Gasteiger partial charge in [0.2, 0.25) is 0 Å². The lowest BCUT2D eigenvalue weighted by atomic mass is 10.2. The van der Waals surface area contributed by atoms with Gasteiger partial charge in [0.25, 0.3) is 0 Å². The second kappa shape index (κ2) is 5.75. The van der Waals surface area contributed by atoms with Crippen LogP contribution in [-0.2, 0) is 13.0 Å². The summed E-state index contributed by atoms with van der Waals surface area (Å²) in [7, 11) is 0. The van der Waals surface area contributed by atoms with E-state index < -0.39 is 0 Å². The first kappa shape index (κ1) is 12.0. The van der Waals surface area contributed by atoms with Crippen molar-refractivity contribution < 1.29 is 0 Å². The van der Waals surface area contributed by atoms with Gasteiger partial charge in [-0.1, -0.05) is 6.92 Å². The molecule has 1 atom stereocenters. The van der Waals surface area contributed by atoms with Crippen molar-refractivity contribution >= 4 is 11.3 Å². The van der Waals surface area contributed by atoms with E-state index in [9.17, 15) is 0 Å². The zero-order chi connectivity index (χ0) is 11.4. The van der Waals surface area contributed by atoms with Crippen LogP contribution in [0.2, 0.25) is 0 Å². The largest absolute Gasteiger partial charge is 0.312 e. The Kier molecular flexibility index (Phi) is 4.32. The average molecular weight is 239 g/mol. The molecule has 0 aromatic carbocycles. The normalized spacial score (nSPS) is 22.5. The summed E-state index contributed by atoms with van der Waals surface area (Å²) in [5.74, 6) is 0. The van der Waals surface area contributed by atoms with Gasteiger partial charge in [0, 0.05) is 37.6 Å². The molecule has 0 amide bonds. The Balaban J connectivity index is 1.87. The summed E-state index contributed by atoms with van der Waals surface area (Å²) >= 11 is 1.81. The van der Waals surface area contributed by atoms with Crippen molar-refractivity contribution in [2.24, 2.45) is 0 Å². The molecule has 0 bridgehead atoms. The lowest BCUT2D eigenvalue weighted by Crippen LogP contribution is -2.48. The summed E-state index contributed by atoms with van der Waals surface area (Å²) in [6, 6.07) is 0.613. The molecule has 0 spiro atoms. The van der Waals surface area contributed by atoms with Gasteiger partial charge in [-0.05, 0) is 19.8 Å². The highest BCUT2D eigenvalue weighted by Gasteiger charge is 2.16. The van der Waals surface area contributed by atoms with Gasteiger partial charge in [-0.3, -0.25) is 4.90 Å². The molecule has 0 aliphatic carbocycles. The number of thiazole rings is 1. The minimum absolute atomic E-state index is 0.613. The maximum atomic E-state index is 4.68. The van der Waals surface area contributed by atoms with Gasteiger partial charge in [-0.2, -0.15) is 0 Å². The van der Waals surface area contributed by atoms with E-state index in [1.54, 1.807) is 0 Å². The van der Waals surface area contributed by atoms with Crippen LogP contribution in [-0.4, -0.2) is 35.6 Å². The van der Waals surface area contributed by atoms with Gasteiger partial charge >= 0.3 is 0 Å². The van der Waals surface area contributed by atoms with Crippen LogP contribution in [0.15, 0.2) is 5.38 Å². The molecular formula is C12H21N3S. The Morgan fingerprint density at radius 3 is 3.25 bits per heavy atom. The van der Waals surface area contributed by atoms with E-state index in [-0.39, 0.29) is 0 Å². The topological polar surface area (TPSA) is 28.2 Å². The molecule has 2 rings (SSSR count). The summed E-state index contributed by atoms with van der Waals surface area (Å²) in [5, 5.41) is 6.98. The molecule has 3 nitrogen and oxygen atoms in total. The molecule has 1 saturated heterocycles. The Bertz CT molecular complexity index is 324. The second-order valence-electron chi connectivity index (χ2n) is 4.57. The summed E-state index contributed by atoms with van der Waals surface area (Å²) in [4.78, 5) is 7.17. The molecule has 16 heavy (non-hydrogen) atoms. The highest BCUT2D eigenvalue weighted by Crippen LogP contribution is 2.14. The van der Waals surface area contributed by atoms with Gasteiger partial charge in [0.1, 0.15) is 0 Å². The third kappa shape index (κ3) is 3.27. The van der Waals surface area contributed by atoms with Gasteiger partial charge < -0.3 is 5.32 Å². The minimum atomic E-state index is 0.613. The van der Waals surface area contributed by atoms with Crippen molar-refractivity contribution in [3.05, 3.63) is 16.1 Å².